The lowest BCUT2D eigenvalue weighted by Crippen LogP contribution is -2.45. The fourth-order valence-electron chi connectivity index (χ4n) is 3.17. The molecule has 1 aromatic heterocycles. The van der Waals surface area contributed by atoms with Crippen molar-refractivity contribution in [3.05, 3.63) is 62.4 Å². The van der Waals surface area contributed by atoms with Gasteiger partial charge in [-0.25, -0.2) is 9.36 Å². The summed E-state index contributed by atoms with van der Waals surface area (Å²) >= 11 is 0. The molecule has 0 aliphatic heterocycles. The van der Waals surface area contributed by atoms with E-state index >= 15 is 0 Å². The number of aryl methyl sites for hydroxylation is 1. The van der Waals surface area contributed by atoms with Crippen LogP contribution in [0.25, 0.3) is 0 Å². The summed E-state index contributed by atoms with van der Waals surface area (Å²) in [4.78, 5) is 37.4. The molecule has 8 heteroatoms. The molecule has 1 unspecified atom stereocenters. The number of rotatable bonds is 7. The largest absolute Gasteiger partial charge is 0.497 e. The van der Waals surface area contributed by atoms with Crippen molar-refractivity contribution in [1.82, 2.24) is 14.5 Å². The molecule has 146 valence electrons. The molecule has 28 heavy (non-hydrogen) atoms. The Morgan fingerprint density at radius 3 is 2.54 bits per heavy atom. The Morgan fingerprint density at radius 1 is 1.32 bits per heavy atom. The van der Waals surface area contributed by atoms with Crippen molar-refractivity contribution >= 4 is 5.91 Å². The highest BCUT2D eigenvalue weighted by atomic mass is 16.5. The molecule has 0 radical (unpaired) electrons. The third-order valence-corrected chi connectivity index (χ3v) is 4.88. The number of ether oxygens (including phenoxy) is 1. The number of hydrogen-bond donors (Lipinski definition) is 1. The number of hydrogen-bond acceptors (Lipinski definition) is 5. The average molecular weight is 382 g/mol. The van der Waals surface area contributed by atoms with E-state index in [9.17, 15) is 14.4 Å². The molecule has 3 rings (SSSR count). The van der Waals surface area contributed by atoms with Crippen LogP contribution < -0.4 is 21.3 Å². The number of aromatic nitrogens is 2. The lowest BCUT2D eigenvalue weighted by atomic mass is 10.0. The van der Waals surface area contributed by atoms with E-state index in [-0.39, 0.29) is 11.6 Å². The van der Waals surface area contributed by atoms with Gasteiger partial charge in [0.05, 0.1) is 13.2 Å². The molecule has 1 amide bonds. The molecule has 2 aromatic rings. The topological polar surface area (TPSA) is 106 Å². The van der Waals surface area contributed by atoms with Gasteiger partial charge in [-0.15, -0.1) is 0 Å². The summed E-state index contributed by atoms with van der Waals surface area (Å²) in [5, 5.41) is 12.1. The van der Waals surface area contributed by atoms with E-state index in [1.54, 1.807) is 20.1 Å². The van der Waals surface area contributed by atoms with Gasteiger partial charge in [-0.3, -0.25) is 14.2 Å². The minimum Gasteiger partial charge on any atom is -0.497 e. The predicted octanol–water partition coefficient (Wildman–Crippen LogP) is 1.18. The number of methoxy groups -OCH3 is 1. The number of nitrogens with zero attached hydrogens (tertiary/aromatic N) is 3. The minimum atomic E-state index is -0.750. The highest BCUT2D eigenvalue weighted by molar-refractivity contribution is 5.76. The first kappa shape index (κ1) is 19.4. The number of carbonyl (C=O) groups is 1. The number of amides is 1. The van der Waals surface area contributed by atoms with E-state index in [0.29, 0.717) is 12.5 Å². The summed E-state index contributed by atoms with van der Waals surface area (Å²) < 4.78 is 7.23. The number of carbonyl (C=O) groups excluding carboxylic acids is 1. The van der Waals surface area contributed by atoms with Crippen LogP contribution in [0.4, 0.5) is 0 Å². The summed E-state index contributed by atoms with van der Waals surface area (Å²) in [6, 6.07) is 9.04. The highest BCUT2D eigenvalue weighted by Gasteiger charge is 2.33. The standard InChI is InChI=1S/C20H22N4O4/c1-3-23-11-15(10-21)19(26)24(20(23)27)12-17(25)22-18(13-4-5-13)14-6-8-16(28-2)9-7-14/h6-9,11,13,18H,3-5,12H2,1-2H3,(H,22,25). The Balaban J connectivity index is 1.83. The van der Waals surface area contributed by atoms with Crippen molar-refractivity contribution in [1.29, 1.82) is 5.26 Å². The Labute approximate surface area is 162 Å². The normalized spacial score (nSPS) is 14.2. The van der Waals surface area contributed by atoms with Crippen LogP contribution in [0.5, 0.6) is 5.75 Å². The first-order valence-corrected chi connectivity index (χ1v) is 9.16. The van der Waals surface area contributed by atoms with Crippen molar-refractivity contribution in [2.45, 2.75) is 38.9 Å². The molecule has 1 saturated carbocycles. The molecule has 1 aliphatic rings. The molecule has 1 N–H and O–H groups in total. The van der Waals surface area contributed by atoms with Gasteiger partial charge in [0, 0.05) is 12.7 Å². The maximum atomic E-state index is 12.6. The summed E-state index contributed by atoms with van der Waals surface area (Å²) in [6.07, 6.45) is 3.23. The zero-order chi connectivity index (χ0) is 20.3. The first-order chi connectivity index (χ1) is 13.5. The van der Waals surface area contributed by atoms with E-state index in [1.165, 1.54) is 10.8 Å². The van der Waals surface area contributed by atoms with Crippen LogP contribution in [-0.2, 0) is 17.9 Å². The second kappa shape index (κ2) is 8.13. The van der Waals surface area contributed by atoms with Gasteiger partial charge >= 0.3 is 5.69 Å². The van der Waals surface area contributed by atoms with Crippen LogP contribution in [0.1, 0.15) is 36.9 Å². The smallest absolute Gasteiger partial charge is 0.331 e. The molecule has 1 fully saturated rings. The molecule has 1 atom stereocenters. The van der Waals surface area contributed by atoms with Crippen molar-refractivity contribution in [2.75, 3.05) is 7.11 Å². The van der Waals surface area contributed by atoms with Gasteiger partial charge in [-0.2, -0.15) is 5.26 Å². The molecule has 8 nitrogen and oxygen atoms in total. The molecule has 1 heterocycles. The molecule has 1 aliphatic carbocycles. The fraction of sp³-hybridized carbons (Fsp3) is 0.400. The van der Waals surface area contributed by atoms with Gasteiger partial charge in [-0.05, 0) is 43.4 Å². The highest BCUT2D eigenvalue weighted by Crippen LogP contribution is 2.41. The van der Waals surface area contributed by atoms with Crippen LogP contribution in [0.3, 0.4) is 0 Å². The third kappa shape index (κ3) is 3.98. The summed E-state index contributed by atoms with van der Waals surface area (Å²) in [5.74, 6) is 0.612. The monoisotopic (exact) mass is 382 g/mol. The van der Waals surface area contributed by atoms with E-state index in [0.717, 1.165) is 28.7 Å². The van der Waals surface area contributed by atoms with Gasteiger partial charge in [0.2, 0.25) is 5.91 Å². The number of nitriles is 1. The van der Waals surface area contributed by atoms with Gasteiger partial charge < -0.3 is 10.1 Å². The van der Waals surface area contributed by atoms with E-state index in [2.05, 4.69) is 5.32 Å². The molecule has 0 saturated heterocycles. The second-order valence-electron chi connectivity index (χ2n) is 6.77. The van der Waals surface area contributed by atoms with Crippen molar-refractivity contribution in [3.63, 3.8) is 0 Å². The van der Waals surface area contributed by atoms with Gasteiger partial charge in [0.15, 0.2) is 0 Å². The Morgan fingerprint density at radius 2 is 2.00 bits per heavy atom. The molecule has 0 spiro atoms. The van der Waals surface area contributed by atoms with Crippen LogP contribution in [-0.4, -0.2) is 22.2 Å². The van der Waals surface area contributed by atoms with Crippen molar-refractivity contribution in [2.24, 2.45) is 5.92 Å². The number of benzene rings is 1. The third-order valence-electron chi connectivity index (χ3n) is 4.88. The molecular weight excluding hydrogens is 360 g/mol. The molecule has 0 bridgehead atoms. The maximum Gasteiger partial charge on any atom is 0.331 e. The summed E-state index contributed by atoms with van der Waals surface area (Å²) in [7, 11) is 1.59. The Hall–Kier alpha value is -3.34. The van der Waals surface area contributed by atoms with Crippen LogP contribution >= 0.6 is 0 Å². The maximum absolute atomic E-state index is 12.6. The SMILES string of the molecule is CCn1cc(C#N)c(=O)n(CC(=O)NC(c2ccc(OC)cc2)C2CC2)c1=O. The van der Waals surface area contributed by atoms with Gasteiger partial charge in [-0.1, -0.05) is 12.1 Å². The molecular formula is C20H22N4O4. The molecule has 1 aromatic carbocycles. The van der Waals surface area contributed by atoms with Crippen LogP contribution in [0.15, 0.2) is 40.1 Å². The second-order valence-corrected chi connectivity index (χ2v) is 6.77. The van der Waals surface area contributed by atoms with E-state index < -0.39 is 23.7 Å². The van der Waals surface area contributed by atoms with Gasteiger partial charge in [0.25, 0.3) is 5.56 Å². The Kier molecular flexibility index (Phi) is 5.64. The first-order valence-electron chi connectivity index (χ1n) is 9.16. The van der Waals surface area contributed by atoms with Crippen LogP contribution in [0, 0.1) is 17.2 Å². The zero-order valence-corrected chi connectivity index (χ0v) is 15.8. The fourth-order valence-corrected chi connectivity index (χ4v) is 3.17. The van der Waals surface area contributed by atoms with Crippen molar-refractivity contribution < 1.29 is 9.53 Å². The lowest BCUT2D eigenvalue weighted by Gasteiger charge is -2.19. The average Bonchev–Trinajstić information content (AvgIpc) is 3.55. The Bertz CT molecular complexity index is 1030. The van der Waals surface area contributed by atoms with Gasteiger partial charge in [0.1, 0.15) is 23.9 Å². The van der Waals surface area contributed by atoms with Crippen LogP contribution in [0.2, 0.25) is 0 Å². The van der Waals surface area contributed by atoms with E-state index in [4.69, 9.17) is 10.00 Å². The summed E-state index contributed by atoms with van der Waals surface area (Å²) in [6.45, 7) is 1.60. The lowest BCUT2D eigenvalue weighted by molar-refractivity contribution is -0.122. The number of nitrogens with one attached hydrogen (secondary N) is 1. The zero-order valence-electron chi connectivity index (χ0n) is 15.8. The predicted molar refractivity (Wildman–Crippen MR) is 102 cm³/mol. The summed E-state index contributed by atoms with van der Waals surface area (Å²) in [5.41, 5.74) is -0.572. The van der Waals surface area contributed by atoms with Crippen molar-refractivity contribution in [3.8, 4) is 11.8 Å². The minimum absolute atomic E-state index is 0.164. The van der Waals surface area contributed by atoms with E-state index in [1.807, 2.05) is 24.3 Å². The quantitative estimate of drug-likeness (QED) is 0.774.